The highest BCUT2D eigenvalue weighted by Gasteiger charge is 2.08. The van der Waals surface area contributed by atoms with Crippen molar-refractivity contribution >= 4 is 10.8 Å². The Morgan fingerprint density at radius 3 is 2.40 bits per heavy atom. The van der Waals surface area contributed by atoms with Crippen LogP contribution in [-0.4, -0.2) is 10.2 Å². The van der Waals surface area contributed by atoms with Gasteiger partial charge in [0.15, 0.2) is 0 Å². The summed E-state index contributed by atoms with van der Waals surface area (Å²) in [5.74, 6) is -0.241. The molecule has 0 aliphatic carbocycles. The number of fused-ring (bicyclic) bond motifs is 1. The number of aromatic nitrogens is 2. The van der Waals surface area contributed by atoms with E-state index < -0.39 is 0 Å². The standard InChI is InChI=1S/C17H15FN2/c1-11-3-5-13(6-4-11)9-17-16-10-14(18)7-8-15(16)12(2)19-20-17/h3-8,10H,9H2,1-2H3. The molecule has 0 saturated heterocycles. The van der Waals surface area contributed by atoms with Crippen molar-refractivity contribution in [3.05, 3.63) is 70.8 Å². The average Bonchev–Trinajstić information content (AvgIpc) is 2.44. The van der Waals surface area contributed by atoms with Gasteiger partial charge < -0.3 is 0 Å². The molecule has 3 aromatic rings. The van der Waals surface area contributed by atoms with E-state index in [-0.39, 0.29) is 5.82 Å². The first-order valence-corrected chi connectivity index (χ1v) is 6.60. The van der Waals surface area contributed by atoms with Crippen LogP contribution in [0.5, 0.6) is 0 Å². The maximum Gasteiger partial charge on any atom is 0.123 e. The molecule has 0 unspecified atom stereocenters. The number of benzene rings is 2. The minimum atomic E-state index is -0.241. The largest absolute Gasteiger partial charge is 0.207 e. The zero-order valence-corrected chi connectivity index (χ0v) is 11.5. The minimum absolute atomic E-state index is 0.241. The van der Waals surface area contributed by atoms with Gasteiger partial charge in [0.25, 0.3) is 0 Å². The molecule has 0 amide bonds. The summed E-state index contributed by atoms with van der Waals surface area (Å²) in [7, 11) is 0. The molecule has 0 N–H and O–H groups in total. The van der Waals surface area contributed by atoms with Crippen molar-refractivity contribution in [2.24, 2.45) is 0 Å². The van der Waals surface area contributed by atoms with E-state index in [1.807, 2.05) is 6.92 Å². The second-order valence-electron chi connectivity index (χ2n) is 5.08. The van der Waals surface area contributed by atoms with E-state index in [0.717, 1.165) is 27.7 Å². The number of hydrogen-bond acceptors (Lipinski definition) is 2. The third kappa shape index (κ3) is 2.39. The topological polar surface area (TPSA) is 25.8 Å². The molecule has 0 aliphatic rings. The Morgan fingerprint density at radius 2 is 1.65 bits per heavy atom. The van der Waals surface area contributed by atoms with Crippen LogP contribution in [0.15, 0.2) is 42.5 Å². The Hall–Kier alpha value is -2.29. The van der Waals surface area contributed by atoms with Crippen molar-refractivity contribution < 1.29 is 4.39 Å². The van der Waals surface area contributed by atoms with Gasteiger partial charge in [-0.1, -0.05) is 29.8 Å². The molecular weight excluding hydrogens is 251 g/mol. The van der Waals surface area contributed by atoms with Crippen molar-refractivity contribution in [1.29, 1.82) is 0 Å². The number of halogens is 1. The van der Waals surface area contributed by atoms with Gasteiger partial charge in [0.2, 0.25) is 0 Å². The van der Waals surface area contributed by atoms with Gasteiger partial charge in [0, 0.05) is 17.2 Å². The lowest BCUT2D eigenvalue weighted by molar-refractivity contribution is 0.629. The molecule has 2 aromatic carbocycles. The molecule has 2 nitrogen and oxygen atoms in total. The minimum Gasteiger partial charge on any atom is -0.207 e. The fraction of sp³-hybridized carbons (Fsp3) is 0.176. The highest BCUT2D eigenvalue weighted by molar-refractivity contribution is 5.86. The van der Waals surface area contributed by atoms with Gasteiger partial charge >= 0.3 is 0 Å². The molecule has 0 spiro atoms. The highest BCUT2D eigenvalue weighted by atomic mass is 19.1. The summed E-state index contributed by atoms with van der Waals surface area (Å²) < 4.78 is 13.5. The van der Waals surface area contributed by atoms with Crippen molar-refractivity contribution in [2.45, 2.75) is 20.3 Å². The van der Waals surface area contributed by atoms with Crippen LogP contribution in [0.1, 0.15) is 22.5 Å². The lowest BCUT2D eigenvalue weighted by atomic mass is 10.0. The van der Waals surface area contributed by atoms with Crippen LogP contribution >= 0.6 is 0 Å². The lowest BCUT2D eigenvalue weighted by Gasteiger charge is -2.07. The van der Waals surface area contributed by atoms with Crippen LogP contribution in [0.25, 0.3) is 10.8 Å². The summed E-state index contributed by atoms with van der Waals surface area (Å²) in [4.78, 5) is 0. The van der Waals surface area contributed by atoms with Crippen LogP contribution in [0.4, 0.5) is 4.39 Å². The van der Waals surface area contributed by atoms with Gasteiger partial charge in [-0.2, -0.15) is 10.2 Å². The molecule has 0 aliphatic heterocycles. The van der Waals surface area contributed by atoms with Gasteiger partial charge in [-0.3, -0.25) is 0 Å². The first-order chi connectivity index (χ1) is 9.63. The molecule has 0 saturated carbocycles. The van der Waals surface area contributed by atoms with Gasteiger partial charge in [-0.05, 0) is 37.6 Å². The van der Waals surface area contributed by atoms with Crippen molar-refractivity contribution in [3.63, 3.8) is 0 Å². The summed E-state index contributed by atoms with van der Waals surface area (Å²) >= 11 is 0. The van der Waals surface area contributed by atoms with E-state index in [2.05, 4.69) is 41.4 Å². The molecule has 1 heterocycles. The Bertz CT molecular complexity index is 764. The zero-order valence-electron chi connectivity index (χ0n) is 11.5. The molecule has 3 rings (SSSR count). The van der Waals surface area contributed by atoms with Gasteiger partial charge in [0.1, 0.15) is 5.82 Å². The summed E-state index contributed by atoms with van der Waals surface area (Å²) in [5.41, 5.74) is 4.01. The van der Waals surface area contributed by atoms with Crippen molar-refractivity contribution in [3.8, 4) is 0 Å². The molecule has 20 heavy (non-hydrogen) atoms. The second kappa shape index (κ2) is 5.00. The van der Waals surface area contributed by atoms with E-state index in [9.17, 15) is 4.39 Å². The van der Waals surface area contributed by atoms with E-state index in [0.29, 0.717) is 6.42 Å². The monoisotopic (exact) mass is 266 g/mol. The van der Waals surface area contributed by atoms with Crippen LogP contribution in [0.3, 0.4) is 0 Å². The number of rotatable bonds is 2. The summed E-state index contributed by atoms with van der Waals surface area (Å²) in [6, 6.07) is 13.1. The first kappa shape index (κ1) is 12.7. The van der Waals surface area contributed by atoms with Gasteiger partial charge in [-0.25, -0.2) is 4.39 Å². The van der Waals surface area contributed by atoms with E-state index in [1.54, 1.807) is 12.1 Å². The maximum absolute atomic E-state index is 13.5. The van der Waals surface area contributed by atoms with Gasteiger partial charge in [0.05, 0.1) is 11.4 Å². The molecule has 3 heteroatoms. The number of aryl methyl sites for hydroxylation is 2. The maximum atomic E-state index is 13.5. The third-order valence-corrected chi connectivity index (χ3v) is 3.50. The normalized spacial score (nSPS) is 10.9. The number of nitrogens with zero attached hydrogens (tertiary/aromatic N) is 2. The summed E-state index contributed by atoms with van der Waals surface area (Å²) in [5, 5.41) is 10.2. The molecule has 0 fully saturated rings. The van der Waals surface area contributed by atoms with E-state index in [4.69, 9.17) is 0 Å². The fourth-order valence-corrected chi connectivity index (χ4v) is 2.34. The predicted molar refractivity (Wildman–Crippen MR) is 78.2 cm³/mol. The Morgan fingerprint density at radius 1 is 0.900 bits per heavy atom. The Kier molecular flexibility index (Phi) is 3.18. The predicted octanol–water partition coefficient (Wildman–Crippen LogP) is 3.98. The SMILES string of the molecule is Cc1ccc(Cc2nnc(C)c3ccc(F)cc23)cc1. The molecule has 0 radical (unpaired) electrons. The lowest BCUT2D eigenvalue weighted by Crippen LogP contribution is -1.99. The van der Waals surface area contributed by atoms with Crippen LogP contribution < -0.4 is 0 Å². The number of hydrogen-bond donors (Lipinski definition) is 0. The second-order valence-corrected chi connectivity index (χ2v) is 5.08. The molecule has 0 bridgehead atoms. The quantitative estimate of drug-likeness (QED) is 0.701. The molecular formula is C17H15FN2. The first-order valence-electron chi connectivity index (χ1n) is 6.60. The van der Waals surface area contributed by atoms with Crippen LogP contribution in [0, 0.1) is 19.7 Å². The molecule has 100 valence electrons. The van der Waals surface area contributed by atoms with Crippen LogP contribution in [-0.2, 0) is 6.42 Å². The Balaban J connectivity index is 2.09. The third-order valence-electron chi connectivity index (χ3n) is 3.50. The molecule has 0 atom stereocenters. The van der Waals surface area contributed by atoms with Gasteiger partial charge in [-0.15, -0.1) is 0 Å². The Labute approximate surface area is 117 Å². The summed E-state index contributed by atoms with van der Waals surface area (Å²) in [6.07, 6.45) is 0.660. The summed E-state index contributed by atoms with van der Waals surface area (Å²) in [6.45, 7) is 3.95. The smallest absolute Gasteiger partial charge is 0.123 e. The van der Waals surface area contributed by atoms with E-state index in [1.165, 1.54) is 11.6 Å². The van der Waals surface area contributed by atoms with Crippen molar-refractivity contribution in [2.75, 3.05) is 0 Å². The molecule has 1 aromatic heterocycles. The van der Waals surface area contributed by atoms with Crippen LogP contribution in [0.2, 0.25) is 0 Å². The zero-order chi connectivity index (χ0) is 14.1. The fourth-order valence-electron chi connectivity index (χ4n) is 2.34. The average molecular weight is 266 g/mol. The highest BCUT2D eigenvalue weighted by Crippen LogP contribution is 2.22. The van der Waals surface area contributed by atoms with E-state index >= 15 is 0 Å². The van der Waals surface area contributed by atoms with Crippen molar-refractivity contribution in [1.82, 2.24) is 10.2 Å².